The largest absolute Gasteiger partial charge is 0.348 e. The summed E-state index contributed by atoms with van der Waals surface area (Å²) in [6, 6.07) is 5.13. The van der Waals surface area contributed by atoms with Gasteiger partial charge in [0.05, 0.1) is 12.1 Å². The van der Waals surface area contributed by atoms with Gasteiger partial charge in [-0.3, -0.25) is 9.59 Å². The minimum absolute atomic E-state index is 0.0352. The van der Waals surface area contributed by atoms with E-state index >= 15 is 0 Å². The van der Waals surface area contributed by atoms with Crippen molar-refractivity contribution in [3.05, 3.63) is 29.6 Å². The van der Waals surface area contributed by atoms with E-state index in [9.17, 15) is 9.59 Å². The Bertz CT molecular complexity index is 429. The molecule has 2 amide bonds. The summed E-state index contributed by atoms with van der Waals surface area (Å²) >= 11 is 0. The second-order valence-electron chi connectivity index (χ2n) is 4.18. The minimum Gasteiger partial charge on any atom is -0.348 e. The SMILES string of the molecule is CC.CC.CN(C)C(=O)Cc1cccc(C(=O)N(C)C)n1. The molecule has 0 bridgehead atoms. The van der Waals surface area contributed by atoms with Crippen LogP contribution in [0.5, 0.6) is 0 Å². The Hall–Kier alpha value is -1.91. The van der Waals surface area contributed by atoms with Crippen molar-refractivity contribution in [3.8, 4) is 0 Å². The smallest absolute Gasteiger partial charge is 0.271 e. The molecule has 0 N–H and O–H groups in total. The zero-order chi connectivity index (χ0) is 17.0. The average molecular weight is 295 g/mol. The summed E-state index contributed by atoms with van der Waals surface area (Å²) in [6.45, 7) is 8.00. The van der Waals surface area contributed by atoms with Crippen LogP contribution >= 0.6 is 0 Å². The van der Waals surface area contributed by atoms with Gasteiger partial charge in [-0.1, -0.05) is 33.8 Å². The number of likely N-dealkylation sites (N-methyl/N-ethyl adjacent to an activating group) is 1. The number of amides is 2. The molecule has 0 aliphatic rings. The van der Waals surface area contributed by atoms with Crippen molar-refractivity contribution in [2.75, 3.05) is 28.2 Å². The highest BCUT2D eigenvalue weighted by atomic mass is 16.2. The van der Waals surface area contributed by atoms with Crippen molar-refractivity contribution in [3.63, 3.8) is 0 Å². The zero-order valence-corrected chi connectivity index (χ0v) is 14.6. The Morgan fingerprint density at radius 1 is 0.952 bits per heavy atom. The van der Waals surface area contributed by atoms with E-state index < -0.39 is 0 Å². The van der Waals surface area contributed by atoms with E-state index in [-0.39, 0.29) is 18.2 Å². The maximum atomic E-state index is 11.7. The molecule has 0 saturated heterocycles. The van der Waals surface area contributed by atoms with Crippen molar-refractivity contribution in [2.45, 2.75) is 34.1 Å². The summed E-state index contributed by atoms with van der Waals surface area (Å²) < 4.78 is 0. The molecule has 0 fully saturated rings. The summed E-state index contributed by atoms with van der Waals surface area (Å²) in [7, 11) is 6.72. The van der Waals surface area contributed by atoms with E-state index in [2.05, 4.69) is 4.98 Å². The predicted octanol–water partition coefficient (Wildman–Crippen LogP) is 2.47. The number of nitrogens with zero attached hydrogens (tertiary/aromatic N) is 3. The quantitative estimate of drug-likeness (QED) is 0.861. The highest BCUT2D eigenvalue weighted by Crippen LogP contribution is 2.03. The minimum atomic E-state index is -0.163. The summed E-state index contributed by atoms with van der Waals surface area (Å²) in [4.78, 5) is 30.3. The third kappa shape index (κ3) is 8.07. The average Bonchev–Trinajstić information content (AvgIpc) is 2.50. The van der Waals surface area contributed by atoms with E-state index in [0.29, 0.717) is 11.4 Å². The summed E-state index contributed by atoms with van der Waals surface area (Å²) in [5.74, 6) is -0.198. The van der Waals surface area contributed by atoms with Crippen molar-refractivity contribution in [1.29, 1.82) is 0 Å². The Kier molecular flexibility index (Phi) is 12.1. The molecule has 0 aliphatic carbocycles. The van der Waals surface area contributed by atoms with Crippen LogP contribution in [0.2, 0.25) is 0 Å². The number of carbonyl (C=O) groups excluding carboxylic acids is 2. The van der Waals surface area contributed by atoms with Crippen molar-refractivity contribution < 1.29 is 9.59 Å². The highest BCUT2D eigenvalue weighted by Gasteiger charge is 2.12. The first kappa shape index (κ1) is 21.4. The molecule has 1 heterocycles. The van der Waals surface area contributed by atoms with Gasteiger partial charge in [0.2, 0.25) is 5.91 Å². The molecule has 0 atom stereocenters. The lowest BCUT2D eigenvalue weighted by Crippen LogP contribution is -2.25. The maximum Gasteiger partial charge on any atom is 0.271 e. The van der Waals surface area contributed by atoms with E-state index in [0.717, 1.165) is 0 Å². The van der Waals surface area contributed by atoms with Gasteiger partial charge < -0.3 is 9.80 Å². The van der Waals surface area contributed by atoms with Gasteiger partial charge in [0, 0.05) is 28.2 Å². The van der Waals surface area contributed by atoms with Crippen LogP contribution in [0.3, 0.4) is 0 Å². The number of hydrogen-bond acceptors (Lipinski definition) is 3. The van der Waals surface area contributed by atoms with Gasteiger partial charge in [-0.15, -0.1) is 0 Å². The van der Waals surface area contributed by atoms with Gasteiger partial charge in [0.15, 0.2) is 0 Å². The topological polar surface area (TPSA) is 53.5 Å². The first-order chi connectivity index (χ1) is 9.91. The zero-order valence-electron chi connectivity index (χ0n) is 14.6. The van der Waals surface area contributed by atoms with Gasteiger partial charge in [-0.25, -0.2) is 4.98 Å². The highest BCUT2D eigenvalue weighted by molar-refractivity contribution is 5.92. The lowest BCUT2D eigenvalue weighted by Gasteiger charge is -2.12. The first-order valence-corrected chi connectivity index (χ1v) is 7.29. The molecule has 0 saturated carbocycles. The Labute approximate surface area is 129 Å². The lowest BCUT2D eigenvalue weighted by molar-refractivity contribution is -0.128. The number of pyridine rings is 1. The number of carbonyl (C=O) groups is 2. The monoisotopic (exact) mass is 295 g/mol. The molecule has 1 rings (SSSR count). The van der Waals surface area contributed by atoms with Crippen LogP contribution < -0.4 is 0 Å². The van der Waals surface area contributed by atoms with E-state index in [1.54, 1.807) is 46.4 Å². The second-order valence-corrected chi connectivity index (χ2v) is 4.18. The maximum absolute atomic E-state index is 11.7. The molecule has 0 spiro atoms. The molecule has 120 valence electrons. The van der Waals surface area contributed by atoms with Crippen LogP contribution in [0.1, 0.15) is 43.9 Å². The Morgan fingerprint density at radius 3 is 1.90 bits per heavy atom. The fourth-order valence-electron chi connectivity index (χ4n) is 1.24. The third-order valence-corrected chi connectivity index (χ3v) is 2.26. The Balaban J connectivity index is 0. The molecule has 0 aliphatic heterocycles. The normalized spacial score (nSPS) is 8.57. The van der Waals surface area contributed by atoms with Crippen LogP contribution in [0.15, 0.2) is 18.2 Å². The molecular formula is C16H29N3O2. The number of rotatable bonds is 3. The number of hydrogen-bond donors (Lipinski definition) is 0. The van der Waals surface area contributed by atoms with Gasteiger partial charge in [-0.2, -0.15) is 0 Å². The van der Waals surface area contributed by atoms with Crippen LogP contribution in [-0.2, 0) is 11.2 Å². The summed E-state index contributed by atoms with van der Waals surface area (Å²) in [6.07, 6.45) is 0.210. The van der Waals surface area contributed by atoms with E-state index in [1.165, 1.54) is 9.80 Å². The molecule has 1 aromatic heterocycles. The molecular weight excluding hydrogens is 266 g/mol. The first-order valence-electron chi connectivity index (χ1n) is 7.29. The fourth-order valence-corrected chi connectivity index (χ4v) is 1.24. The molecule has 21 heavy (non-hydrogen) atoms. The van der Waals surface area contributed by atoms with Crippen molar-refractivity contribution in [2.24, 2.45) is 0 Å². The van der Waals surface area contributed by atoms with Gasteiger partial charge >= 0.3 is 0 Å². The predicted molar refractivity (Wildman–Crippen MR) is 87.3 cm³/mol. The van der Waals surface area contributed by atoms with E-state index in [4.69, 9.17) is 0 Å². The Morgan fingerprint density at radius 2 is 1.48 bits per heavy atom. The van der Waals surface area contributed by atoms with Crippen LogP contribution in [-0.4, -0.2) is 54.8 Å². The molecule has 5 heteroatoms. The summed E-state index contributed by atoms with van der Waals surface area (Å²) in [5.41, 5.74) is 0.968. The van der Waals surface area contributed by atoms with Gasteiger partial charge in [0.25, 0.3) is 5.91 Å². The molecule has 0 unspecified atom stereocenters. The van der Waals surface area contributed by atoms with Gasteiger partial charge in [0.1, 0.15) is 5.69 Å². The van der Waals surface area contributed by atoms with Crippen LogP contribution in [0, 0.1) is 0 Å². The molecule has 5 nitrogen and oxygen atoms in total. The fraction of sp³-hybridized carbons (Fsp3) is 0.562. The van der Waals surface area contributed by atoms with Crippen LogP contribution in [0.4, 0.5) is 0 Å². The van der Waals surface area contributed by atoms with Gasteiger partial charge in [-0.05, 0) is 12.1 Å². The summed E-state index contributed by atoms with van der Waals surface area (Å²) in [5, 5.41) is 0. The third-order valence-electron chi connectivity index (χ3n) is 2.26. The van der Waals surface area contributed by atoms with Crippen molar-refractivity contribution >= 4 is 11.8 Å². The second kappa shape index (κ2) is 11.9. The molecule has 0 radical (unpaired) electrons. The van der Waals surface area contributed by atoms with Crippen LogP contribution in [0.25, 0.3) is 0 Å². The number of aromatic nitrogens is 1. The molecule has 0 aromatic carbocycles. The lowest BCUT2D eigenvalue weighted by atomic mass is 10.2. The van der Waals surface area contributed by atoms with E-state index in [1.807, 2.05) is 27.7 Å². The standard InChI is InChI=1S/C12H17N3O2.2C2H6/c1-14(2)11(16)8-9-6-5-7-10(13-9)12(17)15(3)4;2*1-2/h5-7H,8H2,1-4H3;2*1-2H3. The molecule has 1 aromatic rings. The van der Waals surface area contributed by atoms with Crippen molar-refractivity contribution in [1.82, 2.24) is 14.8 Å².